The van der Waals surface area contributed by atoms with Crippen LogP contribution in [0.15, 0.2) is 85.1 Å². The SMILES string of the molecule is Cc1c(-c2ccc(N3CCc4cccc(C(=O)Nc5nc6ccccc6s5)c4C3)nc2C(=O)O)cnn1CC12CC3(C)CC(C)(C1)CC(OCCN(CCS(=O)(=O)O)C(=O)OCc1ccc(N(C(N)=O)C(=O)[C@H](CCCN)NC(=O)[C@@H](NC(=O)CCCCCNC(=O)CI)C(C)C)cc1)(C3)C2. The molecule has 10 N–H and O–H groups in total. The first-order chi connectivity index (χ1) is 48.0. The summed E-state index contributed by atoms with van der Waals surface area (Å²) in [6, 6.07) is 19.3. The fraction of sp³-hybridized carbons (Fsp3) is 0.507. The van der Waals surface area contributed by atoms with Gasteiger partial charge in [-0.1, -0.05) is 104 Å². The van der Waals surface area contributed by atoms with Crippen molar-refractivity contribution in [2.45, 2.75) is 155 Å². The number of nitrogens with two attached hydrogens (primary N) is 2. The number of benzene rings is 3. The first kappa shape index (κ1) is 75.5. The lowest BCUT2D eigenvalue weighted by Crippen LogP contribution is -2.64. The minimum Gasteiger partial charge on any atom is -0.476 e. The number of carboxylic acid groups (broad SMARTS) is 1. The molecular formula is C71H90IN13O14S2. The minimum absolute atomic E-state index is 0.00822. The van der Waals surface area contributed by atoms with E-state index in [2.05, 4.69) is 40.1 Å². The van der Waals surface area contributed by atoms with Crippen LogP contribution in [0.4, 0.5) is 26.2 Å². The Labute approximate surface area is 604 Å². The molecule has 0 radical (unpaired) electrons. The van der Waals surface area contributed by atoms with Crippen LogP contribution in [0.2, 0.25) is 0 Å². The van der Waals surface area contributed by atoms with Gasteiger partial charge in [0.1, 0.15) is 24.5 Å². The number of alkyl halides is 1. The maximum absolute atomic E-state index is 14.2. The largest absolute Gasteiger partial charge is 0.476 e. The van der Waals surface area contributed by atoms with Gasteiger partial charge in [-0.2, -0.15) is 13.5 Å². The summed E-state index contributed by atoms with van der Waals surface area (Å²) in [4.78, 5) is 120. The van der Waals surface area contributed by atoms with E-state index in [9.17, 15) is 56.4 Å². The molecule has 11 rings (SSSR count). The monoisotopic (exact) mass is 1540 g/mol. The number of nitrogens with zero attached hydrogens (tertiary/aromatic N) is 7. The molecule has 2 unspecified atom stereocenters. The van der Waals surface area contributed by atoms with Crippen LogP contribution in [0.5, 0.6) is 0 Å². The second kappa shape index (κ2) is 32.0. The minimum atomic E-state index is -4.53. The molecule has 542 valence electrons. The van der Waals surface area contributed by atoms with E-state index in [0.29, 0.717) is 101 Å². The number of urea groups is 1. The van der Waals surface area contributed by atoms with Crippen molar-refractivity contribution in [3.8, 4) is 11.1 Å². The lowest BCUT2D eigenvalue weighted by Gasteiger charge is -2.69. The third-order valence-corrected chi connectivity index (χ3v) is 22.1. The molecule has 4 atom stereocenters. The lowest BCUT2D eigenvalue weighted by atomic mass is 9.39. The molecular weight excluding hydrogens is 1450 g/mol. The second-order valence-electron chi connectivity index (χ2n) is 28.5. The van der Waals surface area contributed by atoms with Gasteiger partial charge in [0.05, 0.1) is 44.5 Å². The number of carboxylic acids is 1. The van der Waals surface area contributed by atoms with Crippen molar-refractivity contribution >= 4 is 119 Å². The van der Waals surface area contributed by atoms with Gasteiger partial charge in [-0.15, -0.1) is 0 Å². The summed E-state index contributed by atoms with van der Waals surface area (Å²) in [6.45, 7) is 11.2. The Balaban J connectivity index is 0.767. The number of amides is 8. The molecule has 0 saturated heterocycles. The highest BCUT2D eigenvalue weighted by Gasteiger charge is 2.66. The van der Waals surface area contributed by atoms with Gasteiger partial charge in [-0.25, -0.2) is 29.3 Å². The van der Waals surface area contributed by atoms with E-state index < -0.39 is 70.0 Å². The molecule has 4 fully saturated rings. The van der Waals surface area contributed by atoms with Crippen LogP contribution in [0.25, 0.3) is 21.3 Å². The lowest BCUT2D eigenvalue weighted by molar-refractivity contribution is -0.248. The van der Waals surface area contributed by atoms with E-state index in [4.69, 9.17) is 31.0 Å². The molecule has 5 aliphatic rings. The molecule has 101 heavy (non-hydrogen) atoms. The van der Waals surface area contributed by atoms with Gasteiger partial charge in [0.2, 0.25) is 17.7 Å². The van der Waals surface area contributed by atoms with Crippen LogP contribution in [-0.4, -0.2) is 158 Å². The summed E-state index contributed by atoms with van der Waals surface area (Å²) >= 11 is 3.37. The predicted octanol–water partition coefficient (Wildman–Crippen LogP) is 8.93. The Hall–Kier alpha value is -8.17. The number of hydrogen-bond acceptors (Lipinski definition) is 18. The molecule has 4 aliphatic carbocycles. The number of primary amides is 1. The number of halogens is 1. The highest BCUT2D eigenvalue weighted by atomic mass is 127. The number of thiazole rings is 1. The van der Waals surface area contributed by atoms with Gasteiger partial charge in [-0.05, 0) is 165 Å². The Kier molecular flexibility index (Phi) is 23.9. The van der Waals surface area contributed by atoms with Crippen molar-refractivity contribution < 1.29 is 65.9 Å². The van der Waals surface area contributed by atoms with Crippen LogP contribution in [0.3, 0.4) is 0 Å². The number of anilines is 3. The topological polar surface area (TPSA) is 383 Å². The number of ether oxygens (including phenoxy) is 2. The van der Waals surface area contributed by atoms with Crippen molar-refractivity contribution in [3.05, 3.63) is 119 Å². The Morgan fingerprint density at radius 3 is 2.27 bits per heavy atom. The number of carbonyl (C=O) groups is 8. The third-order valence-electron chi connectivity index (χ3n) is 19.7. The maximum atomic E-state index is 14.2. The van der Waals surface area contributed by atoms with E-state index >= 15 is 0 Å². The van der Waals surface area contributed by atoms with Crippen LogP contribution in [0, 0.1) is 29.1 Å². The summed E-state index contributed by atoms with van der Waals surface area (Å²) in [5.41, 5.74) is 15.8. The van der Waals surface area contributed by atoms with Crippen LogP contribution < -0.4 is 42.5 Å². The van der Waals surface area contributed by atoms with Crippen molar-refractivity contribution in [1.29, 1.82) is 0 Å². The third kappa shape index (κ3) is 18.6. The first-order valence-electron chi connectivity index (χ1n) is 34.2. The number of aromatic nitrogens is 4. The molecule has 1 aliphatic heterocycles. The van der Waals surface area contributed by atoms with Crippen LogP contribution >= 0.6 is 33.9 Å². The van der Waals surface area contributed by atoms with Crippen molar-refractivity contribution in [1.82, 2.24) is 40.6 Å². The van der Waals surface area contributed by atoms with Gasteiger partial charge in [0, 0.05) is 68.1 Å². The fourth-order valence-corrected chi connectivity index (χ4v) is 17.9. The Morgan fingerprint density at radius 2 is 1.58 bits per heavy atom. The Morgan fingerprint density at radius 1 is 0.842 bits per heavy atom. The molecule has 27 nitrogen and oxygen atoms in total. The smallest absolute Gasteiger partial charge is 0.410 e. The van der Waals surface area contributed by atoms with E-state index in [1.165, 1.54) is 35.6 Å². The normalized spacial score (nSPS) is 20.4. The summed E-state index contributed by atoms with van der Waals surface area (Å²) in [5, 5.41) is 27.4. The number of pyridine rings is 1. The number of unbranched alkanes of at least 4 members (excludes halogenated alkanes) is 2. The number of para-hydroxylation sites is 1. The number of fused-ring (bicyclic) bond motifs is 2. The highest BCUT2D eigenvalue weighted by Crippen LogP contribution is 2.72. The number of rotatable bonds is 32. The molecule has 0 spiro atoms. The van der Waals surface area contributed by atoms with Crippen molar-refractivity contribution in [2.24, 2.45) is 33.6 Å². The molecule has 4 bridgehead atoms. The zero-order valence-electron chi connectivity index (χ0n) is 57.6. The highest BCUT2D eigenvalue weighted by molar-refractivity contribution is 14.1. The van der Waals surface area contributed by atoms with Crippen LogP contribution in [0.1, 0.15) is 148 Å². The average molecular weight is 1540 g/mol. The van der Waals surface area contributed by atoms with Crippen LogP contribution in [-0.2, 0) is 64.9 Å². The van der Waals surface area contributed by atoms with E-state index in [1.54, 1.807) is 32.2 Å². The summed E-state index contributed by atoms with van der Waals surface area (Å²) < 4.78 is 50.1. The number of aromatic carboxylic acids is 1. The number of hydrogen-bond donors (Lipinski definition) is 8. The van der Waals surface area contributed by atoms with E-state index in [1.807, 2.05) is 81.6 Å². The maximum Gasteiger partial charge on any atom is 0.410 e. The number of imide groups is 1. The average Bonchev–Trinajstić information content (AvgIpc) is 1.65. The van der Waals surface area contributed by atoms with Gasteiger partial charge >= 0.3 is 18.1 Å². The number of nitrogens with one attached hydrogen (secondary N) is 4. The first-order valence-corrected chi connectivity index (χ1v) is 38.1. The zero-order chi connectivity index (χ0) is 72.6. The summed E-state index contributed by atoms with van der Waals surface area (Å²) in [5.74, 6) is -4.12. The molecule has 4 saturated carbocycles. The Bertz CT molecular complexity index is 4150. The molecule has 3 aromatic heterocycles. The zero-order valence-corrected chi connectivity index (χ0v) is 61.3. The molecule has 8 amide bonds. The van der Waals surface area contributed by atoms with Gasteiger partial charge in [-0.3, -0.25) is 38.5 Å². The molecule has 6 aromatic rings. The van der Waals surface area contributed by atoms with Gasteiger partial charge in [0.15, 0.2) is 10.8 Å². The van der Waals surface area contributed by atoms with Crippen molar-refractivity contribution in [3.63, 3.8) is 0 Å². The van der Waals surface area contributed by atoms with Gasteiger partial charge < -0.3 is 51.8 Å². The quantitative estimate of drug-likeness (QED) is 0.00845. The summed E-state index contributed by atoms with van der Waals surface area (Å²) in [7, 11) is -4.53. The van der Waals surface area contributed by atoms with E-state index in [0.717, 1.165) is 64.0 Å². The standard InChI is InChI=1S/C71H90IN13O14S2/c1-44(2)59(80-57(86)18-7-6-10-27-75-58(87)33-72)62(89)77-54(16-12-26-73)63(90)85(65(74)93)48-21-19-46(20-22-48)36-98-67(94)82(30-32-101(95,96)97)29-31-99-71-40-68(4)37-69(5,41-71)39-70(38-68,42-71)43-84-45(3)51(34-76-84)49-23-24-56(79-60(49)64(91)92)83-28-25-47-13-11-14-50(52(47)35-83)61(88)81-66-78-53-15-8-9-17-55(53)100-66/h8-9,11,13-15,17,19-24,34,44,54,59H,6-7,10,12,16,18,25-33,35-43,73H2,1-5H3,(H2,74,93)(H,75,87)(H,77,89)(H,80,86)(H,91,92)(H,78,81,88)(H,95,96,97)/t54-,59-,68?,69?,70?,71?/m0/s1. The molecule has 30 heteroatoms. The van der Waals surface area contributed by atoms with Gasteiger partial charge in [0.25, 0.3) is 21.9 Å². The summed E-state index contributed by atoms with van der Waals surface area (Å²) in [6.07, 6.45) is 8.67. The van der Waals surface area contributed by atoms with E-state index in [-0.39, 0.29) is 96.8 Å². The predicted molar refractivity (Wildman–Crippen MR) is 390 cm³/mol. The number of carbonyl (C=O) groups excluding carboxylic acids is 7. The van der Waals surface area contributed by atoms with Crippen molar-refractivity contribution in [2.75, 3.05) is 64.6 Å². The molecule has 4 heterocycles. The second-order valence-corrected chi connectivity index (χ2v) is 31.9. The molecule has 3 aromatic carbocycles. The fourth-order valence-electron chi connectivity index (χ4n) is 16.3.